The summed E-state index contributed by atoms with van der Waals surface area (Å²) in [7, 11) is 0. The van der Waals surface area contributed by atoms with E-state index in [1.54, 1.807) is 16.9 Å². The van der Waals surface area contributed by atoms with Gasteiger partial charge in [-0.2, -0.15) is 4.79 Å². The van der Waals surface area contributed by atoms with Crippen LogP contribution in [0.25, 0.3) is 11.0 Å². The van der Waals surface area contributed by atoms with Crippen LogP contribution in [-0.4, -0.2) is 38.3 Å². The molecule has 1 fully saturated rings. The number of hydrogen-bond donors (Lipinski definition) is 1. The summed E-state index contributed by atoms with van der Waals surface area (Å²) in [5.41, 5.74) is 1.40. The smallest absolute Gasteiger partial charge is 0.338 e. The van der Waals surface area contributed by atoms with Gasteiger partial charge >= 0.3 is 5.97 Å². The van der Waals surface area contributed by atoms with E-state index in [1.165, 1.54) is 6.42 Å². The van der Waals surface area contributed by atoms with Crippen molar-refractivity contribution in [2.24, 2.45) is 0 Å². The molecular formula is C14H18N4O2. The number of carboxylic acids is 1. The molecule has 2 atom stereocenters. The number of nitrogens with zero attached hydrogens (tertiary/aromatic N) is 4. The molecule has 0 aliphatic carbocycles. The van der Waals surface area contributed by atoms with E-state index in [0.717, 1.165) is 18.4 Å². The molecule has 2 unspecified atom stereocenters. The molecule has 20 heavy (non-hydrogen) atoms. The van der Waals surface area contributed by atoms with Gasteiger partial charge in [0.1, 0.15) is 11.0 Å². The van der Waals surface area contributed by atoms with Gasteiger partial charge in [-0.05, 0) is 50.5 Å². The Labute approximate surface area is 117 Å². The lowest BCUT2D eigenvalue weighted by molar-refractivity contribution is 0.0699. The van der Waals surface area contributed by atoms with E-state index in [-0.39, 0.29) is 5.56 Å². The highest BCUT2D eigenvalue weighted by Crippen LogP contribution is 2.24. The van der Waals surface area contributed by atoms with Gasteiger partial charge in [0, 0.05) is 12.1 Å². The summed E-state index contributed by atoms with van der Waals surface area (Å²) in [6, 6.07) is 5.92. The van der Waals surface area contributed by atoms with Crippen LogP contribution in [0.15, 0.2) is 18.2 Å². The van der Waals surface area contributed by atoms with Crippen LogP contribution in [0.5, 0.6) is 0 Å². The Morgan fingerprint density at radius 2 is 2.00 bits per heavy atom. The molecule has 6 nitrogen and oxygen atoms in total. The lowest BCUT2D eigenvalue weighted by Gasteiger charge is -2.39. The van der Waals surface area contributed by atoms with Crippen molar-refractivity contribution in [3.63, 3.8) is 0 Å². The molecule has 1 aromatic heterocycles. The second kappa shape index (κ2) is 4.77. The van der Waals surface area contributed by atoms with Gasteiger partial charge in [0.25, 0.3) is 0 Å². The average molecular weight is 274 g/mol. The zero-order chi connectivity index (χ0) is 14.3. The number of aromatic carboxylic acids is 1. The summed E-state index contributed by atoms with van der Waals surface area (Å²) >= 11 is 0. The Morgan fingerprint density at radius 3 is 2.65 bits per heavy atom. The maximum absolute atomic E-state index is 11.2. The Kier molecular flexibility index (Phi) is 3.08. The molecule has 0 bridgehead atoms. The van der Waals surface area contributed by atoms with E-state index in [2.05, 4.69) is 29.2 Å². The Hall–Kier alpha value is -2.11. The second-order valence-corrected chi connectivity index (χ2v) is 5.47. The summed E-state index contributed by atoms with van der Waals surface area (Å²) in [6.07, 6.45) is 3.44. The topological polar surface area (TPSA) is 71.2 Å². The minimum absolute atomic E-state index is 0.200. The van der Waals surface area contributed by atoms with Crippen LogP contribution < -0.4 is 5.01 Å². The van der Waals surface area contributed by atoms with Crippen LogP contribution in [-0.2, 0) is 0 Å². The van der Waals surface area contributed by atoms with Gasteiger partial charge in [0.05, 0.1) is 5.56 Å². The van der Waals surface area contributed by atoms with Crippen LogP contribution >= 0.6 is 0 Å². The van der Waals surface area contributed by atoms with Crippen LogP contribution in [0.1, 0.15) is 43.5 Å². The predicted molar refractivity (Wildman–Crippen MR) is 75.5 cm³/mol. The van der Waals surface area contributed by atoms with E-state index in [4.69, 9.17) is 0 Å². The fourth-order valence-electron chi connectivity index (χ4n) is 3.06. The molecule has 1 aliphatic heterocycles. The van der Waals surface area contributed by atoms with Crippen molar-refractivity contribution in [1.82, 2.24) is 15.1 Å². The third-order valence-corrected chi connectivity index (χ3v) is 4.06. The highest BCUT2D eigenvalue weighted by molar-refractivity contribution is 6.00. The third kappa shape index (κ3) is 1.92. The van der Waals surface area contributed by atoms with Gasteiger partial charge in [-0.15, -0.1) is 5.10 Å². The highest BCUT2D eigenvalue weighted by Gasteiger charge is 2.27. The van der Waals surface area contributed by atoms with Crippen LogP contribution in [0, 0.1) is 0 Å². The lowest BCUT2D eigenvalue weighted by Crippen LogP contribution is -2.51. The number of rotatable bonds is 2. The zero-order valence-corrected chi connectivity index (χ0v) is 11.7. The van der Waals surface area contributed by atoms with Crippen molar-refractivity contribution in [2.75, 3.05) is 5.01 Å². The van der Waals surface area contributed by atoms with Crippen molar-refractivity contribution in [3.05, 3.63) is 23.8 Å². The van der Waals surface area contributed by atoms with Gasteiger partial charge < -0.3 is 5.11 Å². The van der Waals surface area contributed by atoms with E-state index >= 15 is 0 Å². The SMILES string of the molecule is CC1CCCC(C)N1n1nnc2c(C(=O)O)cccc21. The molecule has 6 heteroatoms. The molecule has 1 aliphatic rings. The third-order valence-electron chi connectivity index (χ3n) is 4.06. The molecule has 0 amide bonds. The lowest BCUT2D eigenvalue weighted by atomic mass is 10.00. The molecule has 3 rings (SSSR count). The minimum atomic E-state index is -0.970. The molecule has 1 saturated heterocycles. The largest absolute Gasteiger partial charge is 0.478 e. The van der Waals surface area contributed by atoms with Gasteiger partial charge in [-0.3, -0.25) is 5.01 Å². The normalized spacial score (nSPS) is 23.2. The fourth-order valence-corrected chi connectivity index (χ4v) is 3.06. The van der Waals surface area contributed by atoms with Crippen molar-refractivity contribution < 1.29 is 9.90 Å². The van der Waals surface area contributed by atoms with Crippen molar-refractivity contribution in [3.8, 4) is 0 Å². The first-order valence-corrected chi connectivity index (χ1v) is 6.96. The Bertz CT molecular complexity index is 642. The number of carboxylic acid groups (broad SMARTS) is 1. The van der Waals surface area contributed by atoms with Crippen LogP contribution in [0.4, 0.5) is 0 Å². The molecule has 0 saturated carbocycles. The monoisotopic (exact) mass is 274 g/mol. The summed E-state index contributed by atoms with van der Waals surface area (Å²) in [4.78, 5) is 13.0. The molecule has 106 valence electrons. The van der Waals surface area contributed by atoms with Gasteiger partial charge in [-0.25, -0.2) is 4.79 Å². The number of benzene rings is 1. The second-order valence-electron chi connectivity index (χ2n) is 5.47. The van der Waals surface area contributed by atoms with E-state index < -0.39 is 5.97 Å². The first-order chi connectivity index (χ1) is 9.59. The summed E-state index contributed by atoms with van der Waals surface area (Å²) < 4.78 is 0. The first-order valence-electron chi connectivity index (χ1n) is 6.96. The minimum Gasteiger partial charge on any atom is -0.478 e. The average Bonchev–Trinajstić information content (AvgIpc) is 2.82. The van der Waals surface area contributed by atoms with E-state index in [0.29, 0.717) is 17.6 Å². The number of carbonyl (C=O) groups is 1. The molecule has 2 aromatic rings. The standard InChI is InChI=1S/C14H18N4O2/c1-9-5-3-6-10(2)17(9)18-12-8-4-7-11(14(19)20)13(12)15-16-18/h4,7-10H,3,5-6H2,1-2H3,(H,19,20). The summed E-state index contributed by atoms with van der Waals surface area (Å²) in [6.45, 7) is 4.34. The molecule has 1 N–H and O–H groups in total. The highest BCUT2D eigenvalue weighted by atomic mass is 16.4. The van der Waals surface area contributed by atoms with E-state index in [1.807, 2.05) is 6.07 Å². The number of fused-ring (bicyclic) bond motifs is 1. The molecule has 2 heterocycles. The number of hydrogen-bond acceptors (Lipinski definition) is 4. The molecular weight excluding hydrogens is 256 g/mol. The maximum atomic E-state index is 11.2. The van der Waals surface area contributed by atoms with E-state index in [9.17, 15) is 9.90 Å². The summed E-state index contributed by atoms with van der Waals surface area (Å²) in [5, 5.41) is 19.7. The zero-order valence-electron chi connectivity index (χ0n) is 11.7. The van der Waals surface area contributed by atoms with Gasteiger partial charge in [0.15, 0.2) is 0 Å². The predicted octanol–water partition coefficient (Wildman–Crippen LogP) is 2.03. The first kappa shape index (κ1) is 12.9. The maximum Gasteiger partial charge on any atom is 0.338 e. The molecule has 0 radical (unpaired) electrons. The number of aromatic nitrogens is 3. The van der Waals surface area contributed by atoms with Gasteiger partial charge in [0.2, 0.25) is 0 Å². The van der Waals surface area contributed by atoms with Crippen molar-refractivity contribution >= 4 is 17.0 Å². The van der Waals surface area contributed by atoms with Gasteiger partial charge in [-0.1, -0.05) is 6.07 Å². The Balaban J connectivity index is 2.13. The molecule has 1 aromatic carbocycles. The Morgan fingerprint density at radius 1 is 1.30 bits per heavy atom. The number of piperidine rings is 1. The van der Waals surface area contributed by atoms with Crippen LogP contribution in [0.3, 0.4) is 0 Å². The summed E-state index contributed by atoms with van der Waals surface area (Å²) in [5.74, 6) is -0.970. The van der Waals surface area contributed by atoms with Crippen LogP contribution in [0.2, 0.25) is 0 Å². The fraction of sp³-hybridized carbons (Fsp3) is 0.500. The van der Waals surface area contributed by atoms with Crippen molar-refractivity contribution in [2.45, 2.75) is 45.2 Å². The van der Waals surface area contributed by atoms with Crippen molar-refractivity contribution in [1.29, 1.82) is 0 Å². The quantitative estimate of drug-likeness (QED) is 0.907. The molecule has 0 spiro atoms.